The van der Waals surface area contributed by atoms with Gasteiger partial charge in [-0.3, -0.25) is 0 Å². The van der Waals surface area contributed by atoms with Crippen molar-refractivity contribution in [3.63, 3.8) is 0 Å². The van der Waals surface area contributed by atoms with Crippen LogP contribution in [0, 0.1) is 6.92 Å². The highest BCUT2D eigenvalue weighted by Crippen LogP contribution is 2.21. The fraction of sp³-hybridized carbons (Fsp3) is 0.273. The van der Waals surface area contributed by atoms with Gasteiger partial charge in [-0.05, 0) is 43.0 Å². The van der Waals surface area contributed by atoms with E-state index in [9.17, 15) is 8.42 Å². The lowest BCUT2D eigenvalue weighted by Gasteiger charge is -2.17. The van der Waals surface area contributed by atoms with E-state index in [0.717, 1.165) is 48.6 Å². The van der Waals surface area contributed by atoms with Crippen molar-refractivity contribution in [2.24, 2.45) is 0 Å². The molecule has 4 rings (SSSR count). The first-order valence-electron chi connectivity index (χ1n) is 9.76. The summed E-state index contributed by atoms with van der Waals surface area (Å²) < 4.78 is 28.0. The summed E-state index contributed by atoms with van der Waals surface area (Å²) in [7, 11) is -3.65. The third-order valence-electron chi connectivity index (χ3n) is 5.01. The van der Waals surface area contributed by atoms with Gasteiger partial charge in [-0.2, -0.15) is 0 Å². The summed E-state index contributed by atoms with van der Waals surface area (Å²) in [6, 6.07) is 18.7. The quantitative estimate of drug-likeness (QED) is 0.675. The number of aromatic nitrogens is 2. The number of sulfonamides is 1. The average Bonchev–Trinajstić information content (AvgIpc) is 3.28. The predicted molar refractivity (Wildman–Crippen MR) is 114 cm³/mol. The molecule has 6 nitrogen and oxygen atoms in total. The van der Waals surface area contributed by atoms with Gasteiger partial charge >= 0.3 is 0 Å². The SMILES string of the molecule is Cc1cc(N2CCCC2)nc(CNS(=O)(=O)c2ccc(-c3ccccc3)cc2)n1. The van der Waals surface area contributed by atoms with E-state index in [0.29, 0.717) is 5.82 Å². The lowest BCUT2D eigenvalue weighted by Crippen LogP contribution is -2.26. The zero-order valence-electron chi connectivity index (χ0n) is 16.4. The van der Waals surface area contributed by atoms with Crippen LogP contribution in [-0.2, 0) is 16.6 Å². The summed E-state index contributed by atoms with van der Waals surface area (Å²) in [5.41, 5.74) is 2.86. The highest BCUT2D eigenvalue weighted by atomic mass is 32.2. The number of rotatable bonds is 6. The number of nitrogens with one attached hydrogen (secondary N) is 1. The topological polar surface area (TPSA) is 75.2 Å². The highest BCUT2D eigenvalue weighted by Gasteiger charge is 2.17. The van der Waals surface area contributed by atoms with Crippen molar-refractivity contribution in [1.82, 2.24) is 14.7 Å². The van der Waals surface area contributed by atoms with Gasteiger partial charge in [-0.25, -0.2) is 23.1 Å². The summed E-state index contributed by atoms with van der Waals surface area (Å²) >= 11 is 0. The second kappa shape index (κ2) is 8.31. The molecule has 7 heteroatoms. The highest BCUT2D eigenvalue weighted by molar-refractivity contribution is 7.89. The largest absolute Gasteiger partial charge is 0.357 e. The van der Waals surface area contributed by atoms with Crippen molar-refractivity contribution in [2.45, 2.75) is 31.2 Å². The van der Waals surface area contributed by atoms with Crippen molar-refractivity contribution in [1.29, 1.82) is 0 Å². The molecule has 29 heavy (non-hydrogen) atoms. The molecule has 1 saturated heterocycles. The lowest BCUT2D eigenvalue weighted by atomic mass is 10.1. The number of nitrogens with zero attached hydrogens (tertiary/aromatic N) is 3. The standard InChI is InChI=1S/C22H24N4O2S/c1-17-15-22(26-13-5-6-14-26)25-21(24-17)16-23-29(27,28)20-11-9-19(10-12-20)18-7-3-2-4-8-18/h2-4,7-12,15,23H,5-6,13-14,16H2,1H3. The Kier molecular flexibility index (Phi) is 5.60. The second-order valence-corrected chi connectivity index (χ2v) is 8.96. The Hall–Kier alpha value is -2.77. The molecule has 0 spiro atoms. The van der Waals surface area contributed by atoms with E-state index in [2.05, 4.69) is 19.6 Å². The van der Waals surface area contributed by atoms with Gasteiger partial charge in [0.1, 0.15) is 11.6 Å². The predicted octanol–water partition coefficient (Wildman–Crippen LogP) is 3.53. The minimum Gasteiger partial charge on any atom is -0.357 e. The summed E-state index contributed by atoms with van der Waals surface area (Å²) in [6.45, 7) is 3.93. The molecule has 3 aromatic rings. The molecular weight excluding hydrogens is 384 g/mol. The van der Waals surface area contributed by atoms with Crippen LogP contribution in [0.4, 0.5) is 5.82 Å². The normalized spacial score (nSPS) is 14.3. The van der Waals surface area contributed by atoms with E-state index in [-0.39, 0.29) is 11.4 Å². The van der Waals surface area contributed by atoms with Crippen LogP contribution in [-0.4, -0.2) is 31.5 Å². The van der Waals surface area contributed by atoms with Crippen molar-refractivity contribution < 1.29 is 8.42 Å². The number of aryl methyl sites for hydroxylation is 1. The Labute approximate surface area is 171 Å². The van der Waals surface area contributed by atoms with Gasteiger partial charge in [-0.15, -0.1) is 0 Å². The van der Waals surface area contributed by atoms with Gasteiger partial charge in [0, 0.05) is 24.8 Å². The Morgan fingerprint density at radius 1 is 0.931 bits per heavy atom. The zero-order chi connectivity index (χ0) is 20.3. The summed E-state index contributed by atoms with van der Waals surface area (Å²) in [6.07, 6.45) is 2.31. The third kappa shape index (κ3) is 4.63. The number of hydrogen-bond acceptors (Lipinski definition) is 5. The molecule has 0 unspecified atom stereocenters. The van der Waals surface area contributed by atoms with E-state index in [1.165, 1.54) is 0 Å². The molecule has 2 aromatic carbocycles. The average molecular weight is 409 g/mol. The maximum atomic E-state index is 12.7. The van der Waals surface area contributed by atoms with Crippen LogP contribution < -0.4 is 9.62 Å². The Balaban J connectivity index is 1.48. The molecule has 150 valence electrons. The van der Waals surface area contributed by atoms with Crippen molar-refractivity contribution in [3.05, 3.63) is 72.2 Å². The smallest absolute Gasteiger partial charge is 0.240 e. The Morgan fingerprint density at radius 3 is 2.28 bits per heavy atom. The van der Waals surface area contributed by atoms with Gasteiger partial charge < -0.3 is 4.90 Å². The molecule has 0 saturated carbocycles. The lowest BCUT2D eigenvalue weighted by molar-refractivity contribution is 0.579. The minimum absolute atomic E-state index is 0.0608. The summed E-state index contributed by atoms with van der Waals surface area (Å²) in [5.74, 6) is 1.35. The first-order valence-corrected chi connectivity index (χ1v) is 11.2. The van der Waals surface area contributed by atoms with Crippen molar-refractivity contribution in [3.8, 4) is 11.1 Å². The molecule has 1 aromatic heterocycles. The van der Waals surface area contributed by atoms with E-state index >= 15 is 0 Å². The molecule has 2 heterocycles. The first kappa shape index (κ1) is 19.5. The number of hydrogen-bond donors (Lipinski definition) is 1. The number of benzene rings is 2. The first-order chi connectivity index (χ1) is 14.0. The molecule has 0 bridgehead atoms. The van der Waals surface area contributed by atoms with Crippen LogP contribution in [0.3, 0.4) is 0 Å². The molecule has 1 aliphatic rings. The van der Waals surface area contributed by atoms with Gasteiger partial charge in [-0.1, -0.05) is 42.5 Å². The molecule has 1 fully saturated rings. The van der Waals surface area contributed by atoms with Crippen LogP contribution in [0.1, 0.15) is 24.4 Å². The van der Waals surface area contributed by atoms with Crippen LogP contribution >= 0.6 is 0 Å². The van der Waals surface area contributed by atoms with E-state index in [1.54, 1.807) is 12.1 Å². The van der Waals surface area contributed by atoms with Crippen LogP contribution in [0.15, 0.2) is 65.6 Å². The van der Waals surface area contributed by atoms with Crippen LogP contribution in [0.2, 0.25) is 0 Å². The molecule has 0 radical (unpaired) electrons. The molecule has 0 amide bonds. The molecule has 1 aliphatic heterocycles. The Morgan fingerprint density at radius 2 is 1.59 bits per heavy atom. The molecule has 0 atom stereocenters. The van der Waals surface area contributed by atoms with E-state index in [1.807, 2.05) is 55.5 Å². The fourth-order valence-electron chi connectivity index (χ4n) is 3.50. The maximum Gasteiger partial charge on any atom is 0.240 e. The third-order valence-corrected chi connectivity index (χ3v) is 6.43. The molecule has 0 aliphatic carbocycles. The zero-order valence-corrected chi connectivity index (χ0v) is 17.2. The molecular formula is C22H24N4O2S. The monoisotopic (exact) mass is 408 g/mol. The second-order valence-electron chi connectivity index (χ2n) is 7.19. The van der Waals surface area contributed by atoms with Gasteiger partial charge in [0.05, 0.1) is 11.4 Å². The Bertz CT molecular complexity index is 1080. The van der Waals surface area contributed by atoms with Gasteiger partial charge in [0.15, 0.2) is 0 Å². The molecule has 1 N–H and O–H groups in total. The van der Waals surface area contributed by atoms with E-state index < -0.39 is 10.0 Å². The number of anilines is 1. The van der Waals surface area contributed by atoms with Crippen molar-refractivity contribution >= 4 is 15.8 Å². The van der Waals surface area contributed by atoms with Gasteiger partial charge in [0.25, 0.3) is 0 Å². The van der Waals surface area contributed by atoms with E-state index in [4.69, 9.17) is 0 Å². The summed E-state index contributed by atoms with van der Waals surface area (Å²) in [5, 5.41) is 0. The van der Waals surface area contributed by atoms with Crippen LogP contribution in [0.5, 0.6) is 0 Å². The van der Waals surface area contributed by atoms with Crippen molar-refractivity contribution in [2.75, 3.05) is 18.0 Å². The minimum atomic E-state index is -3.65. The fourth-order valence-corrected chi connectivity index (χ4v) is 4.48. The van der Waals surface area contributed by atoms with Gasteiger partial charge in [0.2, 0.25) is 10.0 Å². The van der Waals surface area contributed by atoms with Crippen LogP contribution in [0.25, 0.3) is 11.1 Å². The maximum absolute atomic E-state index is 12.7. The summed E-state index contributed by atoms with van der Waals surface area (Å²) in [4.78, 5) is 11.4.